The van der Waals surface area contributed by atoms with Gasteiger partial charge in [-0.15, -0.1) is 0 Å². The number of rotatable bonds is 2. The molecule has 0 aromatic rings. The standard InChI is InChI=1S/C7H16.C6H14O.2C5H12.C2H6O.2ClH.Zr/c1-5-6-7(2,3)4;1-6(2,3)4-5-7;2*1-5(2,3)4;1-2-3;;;/h5-6H2,1-4H3;7H,4-5H2,1-3H3;2*1-4H3;3H,2H2,1H3;2*1H;/q;;;;;;;+2/p-2. The van der Waals surface area contributed by atoms with Crippen LogP contribution in [0.5, 0.6) is 0 Å². The Balaban J connectivity index is -0.0000000594. The molecule has 30 heavy (non-hydrogen) atoms. The van der Waals surface area contributed by atoms with Crippen molar-refractivity contribution in [1.29, 1.82) is 0 Å². The van der Waals surface area contributed by atoms with Gasteiger partial charge >= 0.3 is 37.9 Å². The van der Waals surface area contributed by atoms with Crippen molar-refractivity contribution < 1.29 is 31.1 Å². The molecule has 0 aliphatic heterocycles. The van der Waals surface area contributed by atoms with Crippen molar-refractivity contribution in [2.24, 2.45) is 21.7 Å². The molecule has 0 bridgehead atoms. The molecule has 0 unspecified atom stereocenters. The van der Waals surface area contributed by atoms with E-state index in [4.69, 9.17) is 27.2 Å². The third-order valence-electron chi connectivity index (χ3n) is 1.86. The van der Waals surface area contributed by atoms with E-state index in [1.165, 1.54) is 12.8 Å². The van der Waals surface area contributed by atoms with Crippen molar-refractivity contribution >= 4 is 17.0 Å². The van der Waals surface area contributed by atoms with E-state index in [9.17, 15) is 0 Å². The Bertz CT molecular complexity index is 241. The first kappa shape index (κ1) is 45.0. The molecular weight excluding hydrogens is 494 g/mol. The SMILES string of the molecule is CC(C)(C)C.CC(C)(C)C.CC(C)(C)CCO.CCCC(C)(C)C.CCO.[Cl][Zr][Cl]. The molecule has 2 nitrogen and oxygen atoms in total. The van der Waals surface area contributed by atoms with E-state index in [0.717, 1.165) is 6.42 Å². The summed E-state index contributed by atoms with van der Waals surface area (Å²) >= 11 is -0.826. The molecule has 0 amide bonds. The van der Waals surface area contributed by atoms with E-state index >= 15 is 0 Å². The molecule has 5 heteroatoms. The second-order valence-corrected chi connectivity index (χ2v) is 16.5. The average Bonchev–Trinajstić information content (AvgIpc) is 2.33. The zero-order valence-corrected chi connectivity index (χ0v) is 27.7. The van der Waals surface area contributed by atoms with Crippen LogP contribution in [0.4, 0.5) is 0 Å². The zero-order valence-electron chi connectivity index (χ0n) is 23.7. The second-order valence-electron chi connectivity index (χ2n) is 12.7. The van der Waals surface area contributed by atoms with Crippen molar-refractivity contribution in [3.8, 4) is 0 Å². The summed E-state index contributed by atoms with van der Waals surface area (Å²) in [5, 5.41) is 16.0. The van der Waals surface area contributed by atoms with Crippen molar-refractivity contribution in [3.05, 3.63) is 0 Å². The van der Waals surface area contributed by atoms with E-state index in [1.807, 2.05) is 0 Å². The summed E-state index contributed by atoms with van der Waals surface area (Å²) in [6.45, 7) is 35.1. The van der Waals surface area contributed by atoms with Gasteiger partial charge in [0.25, 0.3) is 0 Å². The van der Waals surface area contributed by atoms with Gasteiger partial charge in [-0.2, -0.15) is 0 Å². The van der Waals surface area contributed by atoms with E-state index in [2.05, 4.69) is 104 Å². The van der Waals surface area contributed by atoms with Gasteiger partial charge in [-0.25, -0.2) is 0 Å². The van der Waals surface area contributed by atoms with Gasteiger partial charge in [-0.05, 0) is 41.4 Å². The molecule has 0 aliphatic carbocycles. The van der Waals surface area contributed by atoms with E-state index < -0.39 is 20.8 Å². The number of aliphatic hydroxyl groups is 2. The summed E-state index contributed by atoms with van der Waals surface area (Å²) in [7, 11) is 9.87. The zero-order chi connectivity index (χ0) is 26.2. The summed E-state index contributed by atoms with van der Waals surface area (Å²) in [6, 6.07) is 0. The molecule has 0 aromatic carbocycles. The van der Waals surface area contributed by atoms with E-state index in [0.29, 0.717) is 28.3 Å². The topological polar surface area (TPSA) is 40.5 Å². The van der Waals surface area contributed by atoms with Gasteiger partial charge in [-0.3, -0.25) is 0 Å². The predicted octanol–water partition coefficient (Wildman–Crippen LogP) is 9.73. The predicted molar refractivity (Wildman–Crippen MR) is 140 cm³/mol. The molecule has 0 rings (SSSR count). The third-order valence-corrected chi connectivity index (χ3v) is 1.86. The van der Waals surface area contributed by atoms with Gasteiger partial charge in [0, 0.05) is 13.2 Å². The fourth-order valence-corrected chi connectivity index (χ4v) is 1.09. The first-order chi connectivity index (χ1) is 12.9. The van der Waals surface area contributed by atoms with Crippen LogP contribution >= 0.6 is 17.0 Å². The molecule has 190 valence electrons. The number of aliphatic hydroxyl groups excluding tert-OH is 2. The molecule has 0 spiro atoms. The maximum atomic E-state index is 8.40. The minimum absolute atomic E-state index is 0.250. The van der Waals surface area contributed by atoms with Gasteiger partial charge in [0.15, 0.2) is 0 Å². The number of hydrogen-bond acceptors (Lipinski definition) is 2. The van der Waals surface area contributed by atoms with Gasteiger partial charge in [0.05, 0.1) is 0 Å². The van der Waals surface area contributed by atoms with Crippen LogP contribution in [0.25, 0.3) is 0 Å². The Hall–Kier alpha value is 1.38. The summed E-state index contributed by atoms with van der Waals surface area (Å²) < 4.78 is 0. The summed E-state index contributed by atoms with van der Waals surface area (Å²) in [6.07, 6.45) is 3.55. The Morgan fingerprint density at radius 3 is 0.733 bits per heavy atom. The quantitative estimate of drug-likeness (QED) is 0.357. The Labute approximate surface area is 212 Å². The van der Waals surface area contributed by atoms with Gasteiger partial charge in [0.1, 0.15) is 0 Å². The molecule has 0 saturated carbocycles. The van der Waals surface area contributed by atoms with Crippen LogP contribution < -0.4 is 0 Å². The molecule has 2 N–H and O–H groups in total. The van der Waals surface area contributed by atoms with Gasteiger partial charge in [-0.1, -0.05) is 110 Å². The van der Waals surface area contributed by atoms with Crippen LogP contribution in [0.15, 0.2) is 0 Å². The van der Waals surface area contributed by atoms with Crippen molar-refractivity contribution in [2.45, 2.75) is 130 Å². The van der Waals surface area contributed by atoms with Crippen molar-refractivity contribution in [2.75, 3.05) is 13.2 Å². The second kappa shape index (κ2) is 26.6. The molecule has 0 radical (unpaired) electrons. The molecule has 0 saturated heterocycles. The summed E-state index contributed by atoms with van der Waals surface area (Å²) in [5.41, 5.74) is 1.85. The third kappa shape index (κ3) is 269. The first-order valence-corrected chi connectivity index (χ1v) is 17.5. The number of halogens is 2. The molecule has 0 aromatic heterocycles. The normalized spacial score (nSPS) is 10.7. The van der Waals surface area contributed by atoms with Gasteiger partial charge < -0.3 is 10.2 Å². The maximum absolute atomic E-state index is 8.40. The van der Waals surface area contributed by atoms with E-state index in [1.54, 1.807) is 6.92 Å². The van der Waals surface area contributed by atoms with Gasteiger partial charge in [0.2, 0.25) is 0 Å². The summed E-state index contributed by atoms with van der Waals surface area (Å²) in [5.74, 6) is 0. The van der Waals surface area contributed by atoms with E-state index in [-0.39, 0.29) is 6.61 Å². The first-order valence-electron chi connectivity index (χ1n) is 11.1. The van der Waals surface area contributed by atoms with Crippen LogP contribution in [0.1, 0.15) is 130 Å². The fraction of sp³-hybridized carbons (Fsp3) is 1.00. The Morgan fingerprint density at radius 1 is 0.567 bits per heavy atom. The average molecular weight is 555 g/mol. The van der Waals surface area contributed by atoms with Crippen molar-refractivity contribution in [1.82, 2.24) is 0 Å². The Kier molecular flexibility index (Phi) is 39.9. The Morgan fingerprint density at radius 2 is 0.733 bits per heavy atom. The number of hydrogen-bond donors (Lipinski definition) is 2. The van der Waals surface area contributed by atoms with Crippen LogP contribution in [-0.2, 0) is 20.8 Å². The molecule has 0 atom stereocenters. The molecule has 0 aliphatic rings. The molecular formula is C25H60Cl2O2Zr. The fourth-order valence-electron chi connectivity index (χ4n) is 1.09. The van der Waals surface area contributed by atoms with Crippen LogP contribution in [0.2, 0.25) is 0 Å². The van der Waals surface area contributed by atoms with Crippen LogP contribution in [-0.4, -0.2) is 23.4 Å². The minimum atomic E-state index is -0.826. The molecule has 0 fully saturated rings. The monoisotopic (exact) mass is 552 g/mol. The van der Waals surface area contributed by atoms with Crippen LogP contribution in [0.3, 0.4) is 0 Å². The molecule has 0 heterocycles. The van der Waals surface area contributed by atoms with Crippen LogP contribution in [0, 0.1) is 21.7 Å². The summed E-state index contributed by atoms with van der Waals surface area (Å²) in [4.78, 5) is 0. The van der Waals surface area contributed by atoms with Crippen molar-refractivity contribution in [3.63, 3.8) is 0 Å².